The summed E-state index contributed by atoms with van der Waals surface area (Å²) in [7, 11) is 4.30. The van der Waals surface area contributed by atoms with Gasteiger partial charge in [-0.3, -0.25) is 14.7 Å². The largest absolute Gasteiger partial charge is 0.464 e. The molecular formula is C114H105F9N4O5. The second kappa shape index (κ2) is 45.2. The van der Waals surface area contributed by atoms with Gasteiger partial charge in [0.15, 0.2) is 0 Å². The van der Waals surface area contributed by atoms with Gasteiger partial charge in [0.25, 0.3) is 0 Å². The van der Waals surface area contributed by atoms with Gasteiger partial charge < -0.3 is 27.0 Å². The van der Waals surface area contributed by atoms with Crippen molar-refractivity contribution in [1.29, 1.82) is 0 Å². The molecule has 1 unspecified atom stereocenters. The molecule has 0 saturated heterocycles. The summed E-state index contributed by atoms with van der Waals surface area (Å²) in [5.74, 6) is 7.98. The fourth-order valence-electron chi connectivity index (χ4n) is 15.9. The summed E-state index contributed by atoms with van der Waals surface area (Å²) in [5.41, 5.74) is 18.4. The smallest absolute Gasteiger partial charge is 0.416 e. The number of para-hydroxylation sites is 5. The van der Waals surface area contributed by atoms with E-state index in [2.05, 4.69) is 188 Å². The molecule has 1 fully saturated rings. The van der Waals surface area contributed by atoms with Crippen molar-refractivity contribution >= 4 is 73.1 Å². The van der Waals surface area contributed by atoms with Crippen molar-refractivity contribution in [2.45, 2.75) is 103 Å². The summed E-state index contributed by atoms with van der Waals surface area (Å²) in [5, 5.41) is 5.77. The van der Waals surface area contributed by atoms with Crippen molar-refractivity contribution in [3.63, 3.8) is 0 Å². The molecule has 9 nitrogen and oxygen atoms in total. The molecule has 12 aromatic carbocycles. The first kappa shape index (κ1) is 94.4. The van der Waals surface area contributed by atoms with E-state index < -0.39 is 35.2 Å². The monoisotopic (exact) mass is 1780 g/mol. The number of fused-ring (bicyclic) bond motifs is 5. The Hall–Kier alpha value is -13.7. The summed E-state index contributed by atoms with van der Waals surface area (Å²) >= 11 is 0. The van der Waals surface area contributed by atoms with E-state index in [-0.39, 0.29) is 0 Å². The van der Waals surface area contributed by atoms with Crippen LogP contribution in [0.4, 0.5) is 39.5 Å². The first-order valence-electron chi connectivity index (χ1n) is 44.3. The maximum Gasteiger partial charge on any atom is 0.416 e. The lowest BCUT2D eigenvalue weighted by atomic mass is 10.0. The minimum Gasteiger partial charge on any atom is -0.464 e. The van der Waals surface area contributed by atoms with Gasteiger partial charge in [-0.15, -0.1) is 0 Å². The molecule has 5 heterocycles. The number of unbranched alkanes of at least 4 members (excludes halogenated alkanes) is 1. The number of allylic oxidation sites excluding steroid dienone is 1. The quantitative estimate of drug-likeness (QED) is 0.0284. The van der Waals surface area contributed by atoms with Crippen LogP contribution in [0.2, 0.25) is 0 Å². The first-order chi connectivity index (χ1) is 63.9. The zero-order chi connectivity index (χ0) is 92.4. The molecule has 0 aliphatic heterocycles. The highest BCUT2D eigenvalue weighted by molar-refractivity contribution is 5.84. The highest BCUT2D eigenvalue weighted by Gasteiger charge is 2.39. The average Bonchev–Trinajstić information content (AvgIpc) is 1.63. The van der Waals surface area contributed by atoms with Gasteiger partial charge in [-0.25, -0.2) is 0 Å². The lowest BCUT2D eigenvalue weighted by Gasteiger charge is -2.24. The topological polar surface area (TPSA) is 78.7 Å². The molecule has 0 bridgehead atoms. The van der Waals surface area contributed by atoms with Gasteiger partial charge in [0.2, 0.25) is 0 Å². The molecule has 132 heavy (non-hydrogen) atoms. The number of likely N-dealkylation sites (N-methyl/N-ethyl adjacent to an activating group) is 1. The Morgan fingerprint density at radius 1 is 0.371 bits per heavy atom. The second-order valence-corrected chi connectivity index (χ2v) is 33.3. The van der Waals surface area contributed by atoms with E-state index in [9.17, 15) is 39.5 Å². The molecule has 5 aromatic heterocycles. The molecule has 1 aliphatic carbocycles. The summed E-state index contributed by atoms with van der Waals surface area (Å²) in [4.78, 5) is 9.14. The molecule has 0 spiro atoms. The lowest BCUT2D eigenvalue weighted by Crippen LogP contribution is -2.30. The van der Waals surface area contributed by atoms with Crippen LogP contribution in [0.3, 0.4) is 0 Å². The summed E-state index contributed by atoms with van der Waals surface area (Å²) in [6.07, 6.45) is 11.8. The molecule has 0 radical (unpaired) electrons. The number of hydrogen-bond donors (Lipinski definition) is 0. The van der Waals surface area contributed by atoms with Gasteiger partial charge in [-0.1, -0.05) is 280 Å². The maximum absolute atomic E-state index is 12.6. The van der Waals surface area contributed by atoms with E-state index in [1.54, 1.807) is 18.8 Å². The van der Waals surface area contributed by atoms with Crippen LogP contribution in [0.5, 0.6) is 0 Å². The van der Waals surface area contributed by atoms with E-state index >= 15 is 0 Å². The third kappa shape index (κ3) is 26.8. The number of aryl methyl sites for hydroxylation is 1. The zero-order valence-corrected chi connectivity index (χ0v) is 74.4. The van der Waals surface area contributed by atoms with Gasteiger partial charge >= 0.3 is 18.5 Å². The predicted molar refractivity (Wildman–Crippen MR) is 516 cm³/mol. The minimum absolute atomic E-state index is 0.316. The number of furan rings is 5. The van der Waals surface area contributed by atoms with Gasteiger partial charge in [0.05, 0.1) is 54.6 Å². The summed E-state index contributed by atoms with van der Waals surface area (Å²) < 4.78 is 141. The molecule has 674 valence electrons. The van der Waals surface area contributed by atoms with Crippen LogP contribution in [-0.2, 0) is 51.1 Å². The van der Waals surface area contributed by atoms with Crippen molar-refractivity contribution in [1.82, 2.24) is 19.6 Å². The molecule has 2 atom stereocenters. The summed E-state index contributed by atoms with van der Waals surface area (Å²) in [6, 6.07) is 94.7. The Kier molecular flexibility index (Phi) is 32.4. The number of alkyl halides is 9. The van der Waals surface area contributed by atoms with E-state index in [1.807, 2.05) is 158 Å². The van der Waals surface area contributed by atoms with Crippen molar-refractivity contribution in [3.8, 4) is 34.1 Å². The van der Waals surface area contributed by atoms with Gasteiger partial charge in [-0.05, 0) is 201 Å². The van der Waals surface area contributed by atoms with Crippen LogP contribution in [0.1, 0.15) is 118 Å². The Morgan fingerprint density at radius 3 is 1.13 bits per heavy atom. The van der Waals surface area contributed by atoms with Crippen LogP contribution in [-0.4, -0.2) is 72.5 Å². The molecule has 1 saturated carbocycles. The molecule has 17 aromatic rings. The van der Waals surface area contributed by atoms with Crippen LogP contribution < -0.4 is 0 Å². The van der Waals surface area contributed by atoms with E-state index in [0.717, 1.165) is 178 Å². The minimum atomic E-state index is -4.30. The van der Waals surface area contributed by atoms with Crippen molar-refractivity contribution in [2.24, 2.45) is 5.92 Å². The number of nitrogens with zero attached hydrogens (tertiary/aromatic N) is 4. The number of hydrogen-bond acceptors (Lipinski definition) is 9. The maximum atomic E-state index is 12.6. The number of halogens is 9. The molecule has 18 rings (SSSR count). The van der Waals surface area contributed by atoms with Crippen LogP contribution in [0.15, 0.2) is 375 Å². The van der Waals surface area contributed by atoms with Crippen molar-refractivity contribution < 1.29 is 61.6 Å². The van der Waals surface area contributed by atoms with Crippen molar-refractivity contribution in [3.05, 3.63) is 425 Å². The number of rotatable bonds is 27. The highest BCUT2D eigenvalue weighted by Crippen LogP contribution is 2.48. The predicted octanol–water partition coefficient (Wildman–Crippen LogP) is 30.8. The first-order valence-corrected chi connectivity index (χ1v) is 44.3. The van der Waals surface area contributed by atoms with Crippen LogP contribution >= 0.6 is 0 Å². The van der Waals surface area contributed by atoms with Crippen LogP contribution in [0.25, 0.3) is 95.3 Å². The van der Waals surface area contributed by atoms with E-state index in [0.29, 0.717) is 31.6 Å². The molecule has 1 aliphatic rings. The molecule has 18 heteroatoms. The average molecular weight is 1780 g/mol. The third-order valence-electron chi connectivity index (χ3n) is 23.3. The molecular weight excluding hydrogens is 1680 g/mol. The Balaban J connectivity index is 0.000000133. The Labute approximate surface area is 765 Å². The third-order valence-corrected chi connectivity index (χ3v) is 23.3. The lowest BCUT2D eigenvalue weighted by molar-refractivity contribution is -0.138. The fourth-order valence-corrected chi connectivity index (χ4v) is 15.9. The number of benzene rings is 12. The fraction of sp³-hybridized carbons (Fsp3) is 0.211. The standard InChI is InChI=1S/C26H25NO.C25H21NO.C22H22F3NO.C21H20F3NO.C20H17F3O/c1-27(17-23-18-28-26-10-6-5-9-24(23)26)16-22-15-25(22)21-13-11-20(12-14-21)19-7-3-2-4-8-19;1-26(18-23-19-27-25-12-6-5-11-24(23)25)17-7-8-20-13-15-22(16-14-20)21-9-3-2-4-10-21;1-16(2)26(14-18-15-27-21-8-4-3-7-20(18)21)13-5-6-17-9-11-19(12-10-17)22(23,24)25;1-2-25(14-17-15-26-20-8-4-3-7-19(17)20)13-5-6-16-9-11-18(12-10-16)21(22,23)24;21-20(22,23)17-12-10-15(11-13-17)6-2-1-3-7-16-14-24-19-9-5-4-8-18(16)19/h2-14,18,22,25H,15-17H2,1H3;2-6,9-16,19H,17-18H2,1H3;3-12,15-16H,13-14H2,1-2H3;3-12,15H,2,13-14H2,1H3;2,4-6,8-14H,1,3,7H2/b;;2*6-5+;6-2+/t22?,25-;;;;/m0..../s1. The highest BCUT2D eigenvalue weighted by atomic mass is 19.4. The SMILES string of the molecule is CC(C)N(C/C=C/c1ccc(C(F)(F)F)cc1)Cc1coc2ccccc12.CCN(C/C=C/c1ccc(C(F)(F)F)cc1)Cc1coc2ccccc12.CN(CC#Cc1ccc(-c2ccccc2)cc1)Cc1coc2ccccc12.CN(Cc1coc2ccccc12)CC1C[C@H]1c1ccc(-c2ccccc2)cc1.FC(F)(F)c1ccc(/C=C/CCCc2coc3ccccc23)cc1. The zero-order valence-electron chi connectivity index (χ0n) is 74.4. The van der Waals surface area contributed by atoms with Gasteiger partial charge in [-0.2, -0.15) is 39.5 Å². The second-order valence-electron chi connectivity index (χ2n) is 33.3. The summed E-state index contributed by atoms with van der Waals surface area (Å²) in [6.45, 7) is 13.7. The Bertz CT molecular complexity index is 6630. The molecule has 0 amide bonds. The van der Waals surface area contributed by atoms with Gasteiger partial charge in [0, 0.05) is 107 Å². The normalized spacial score (nSPS) is 13.4. The van der Waals surface area contributed by atoms with E-state index in [4.69, 9.17) is 22.1 Å². The van der Waals surface area contributed by atoms with E-state index in [1.165, 1.54) is 98.1 Å². The van der Waals surface area contributed by atoms with Crippen LogP contribution in [0, 0.1) is 17.8 Å². The Morgan fingerprint density at radius 2 is 0.720 bits per heavy atom. The van der Waals surface area contributed by atoms with Crippen molar-refractivity contribution in [2.75, 3.05) is 46.8 Å². The molecule has 0 N–H and O–H groups in total. The van der Waals surface area contributed by atoms with Gasteiger partial charge in [0.1, 0.15) is 27.9 Å².